The third-order valence-corrected chi connectivity index (χ3v) is 2.44. The molecular weight excluding hydrogens is 235 g/mol. The monoisotopic (exact) mass is 245 g/mol. The van der Waals surface area contributed by atoms with Gasteiger partial charge in [0.1, 0.15) is 17.4 Å². The summed E-state index contributed by atoms with van der Waals surface area (Å²) in [7, 11) is 1.59. The number of fused-ring (bicyclic) bond motifs is 1. The summed E-state index contributed by atoms with van der Waals surface area (Å²) in [4.78, 5) is 7.66. The van der Waals surface area contributed by atoms with Gasteiger partial charge in [-0.15, -0.1) is 0 Å². The maximum Gasteiger partial charge on any atom is 0.417 e. The van der Waals surface area contributed by atoms with Crippen molar-refractivity contribution in [1.29, 1.82) is 0 Å². The number of rotatable bonds is 1. The molecule has 7 heteroatoms. The fourth-order valence-electron chi connectivity index (χ4n) is 1.62. The standard InChI is InChI=1S/C10H10F3N3O/c1-5(17)8-15-7-3-6(10(11,12)13)4-14-9(7)16(8)2/h3-5,17H,1-2H3. The molecule has 1 N–H and O–H groups in total. The second kappa shape index (κ2) is 3.69. The first-order valence-corrected chi connectivity index (χ1v) is 4.88. The molecule has 17 heavy (non-hydrogen) atoms. The number of pyridine rings is 1. The lowest BCUT2D eigenvalue weighted by molar-refractivity contribution is -0.137. The maximum absolute atomic E-state index is 12.5. The zero-order valence-electron chi connectivity index (χ0n) is 9.15. The first kappa shape index (κ1) is 11.8. The highest BCUT2D eigenvalue weighted by molar-refractivity contribution is 5.72. The molecule has 0 spiro atoms. The Bertz CT molecular complexity index is 560. The van der Waals surface area contributed by atoms with Gasteiger partial charge in [-0.25, -0.2) is 9.97 Å². The van der Waals surface area contributed by atoms with Crippen molar-refractivity contribution in [2.24, 2.45) is 7.05 Å². The van der Waals surface area contributed by atoms with Gasteiger partial charge >= 0.3 is 6.18 Å². The number of aliphatic hydroxyl groups is 1. The highest BCUT2D eigenvalue weighted by Gasteiger charge is 2.31. The molecule has 0 aliphatic carbocycles. The number of aromatic nitrogens is 3. The number of nitrogens with zero attached hydrogens (tertiary/aromatic N) is 3. The van der Waals surface area contributed by atoms with Crippen LogP contribution in [-0.2, 0) is 13.2 Å². The number of imidazole rings is 1. The van der Waals surface area contributed by atoms with Gasteiger partial charge in [0.15, 0.2) is 5.65 Å². The Labute approximate surface area is 94.7 Å². The maximum atomic E-state index is 12.5. The number of alkyl halides is 3. The van der Waals surface area contributed by atoms with Gasteiger partial charge in [0.05, 0.1) is 5.56 Å². The molecule has 0 amide bonds. The second-order valence-electron chi connectivity index (χ2n) is 3.77. The van der Waals surface area contributed by atoms with E-state index in [1.165, 1.54) is 11.5 Å². The highest BCUT2D eigenvalue weighted by Crippen LogP contribution is 2.30. The summed E-state index contributed by atoms with van der Waals surface area (Å²) in [6, 6.07) is 0.925. The Kier molecular flexibility index (Phi) is 2.57. The van der Waals surface area contributed by atoms with Gasteiger partial charge < -0.3 is 9.67 Å². The molecule has 0 aliphatic heterocycles. The Morgan fingerprint density at radius 2 is 2.06 bits per heavy atom. The molecule has 0 fully saturated rings. The summed E-state index contributed by atoms with van der Waals surface area (Å²) in [6.07, 6.45) is -4.54. The zero-order chi connectivity index (χ0) is 12.8. The third kappa shape index (κ3) is 1.97. The minimum absolute atomic E-state index is 0.123. The van der Waals surface area contributed by atoms with Crippen LogP contribution in [0.2, 0.25) is 0 Å². The number of aliphatic hydroxyl groups excluding tert-OH is 1. The molecule has 0 bridgehead atoms. The lowest BCUT2D eigenvalue weighted by Crippen LogP contribution is -2.05. The van der Waals surface area contributed by atoms with Crippen LogP contribution in [-0.4, -0.2) is 19.6 Å². The lowest BCUT2D eigenvalue weighted by Gasteiger charge is -2.05. The average molecular weight is 245 g/mol. The predicted molar refractivity (Wildman–Crippen MR) is 54.1 cm³/mol. The summed E-state index contributed by atoms with van der Waals surface area (Å²) >= 11 is 0. The molecule has 2 rings (SSSR count). The molecule has 0 aromatic carbocycles. The number of aryl methyl sites for hydroxylation is 1. The van der Waals surface area contributed by atoms with Crippen molar-refractivity contribution in [3.05, 3.63) is 23.7 Å². The fourth-order valence-corrected chi connectivity index (χ4v) is 1.62. The SMILES string of the molecule is CC(O)c1nc2cc(C(F)(F)F)cnc2n1C. The van der Waals surface area contributed by atoms with Gasteiger partial charge in [-0.2, -0.15) is 13.2 Å². The summed E-state index contributed by atoms with van der Waals surface area (Å²) in [5.74, 6) is 0.284. The van der Waals surface area contributed by atoms with Crippen LogP contribution in [0.15, 0.2) is 12.3 Å². The molecule has 0 radical (unpaired) electrons. The van der Waals surface area contributed by atoms with E-state index in [1.807, 2.05) is 0 Å². The van der Waals surface area contributed by atoms with E-state index in [2.05, 4.69) is 9.97 Å². The van der Waals surface area contributed by atoms with E-state index in [0.29, 0.717) is 5.65 Å². The first-order chi connectivity index (χ1) is 7.80. The Balaban J connectivity index is 2.64. The topological polar surface area (TPSA) is 50.9 Å². The van der Waals surface area contributed by atoms with Crippen LogP contribution < -0.4 is 0 Å². The Morgan fingerprint density at radius 3 is 2.59 bits per heavy atom. The third-order valence-electron chi connectivity index (χ3n) is 2.44. The van der Waals surface area contributed by atoms with E-state index < -0.39 is 17.8 Å². The van der Waals surface area contributed by atoms with Crippen molar-refractivity contribution < 1.29 is 18.3 Å². The van der Waals surface area contributed by atoms with Crippen LogP contribution in [0.4, 0.5) is 13.2 Å². The first-order valence-electron chi connectivity index (χ1n) is 4.88. The molecule has 2 heterocycles. The van der Waals surface area contributed by atoms with Crippen molar-refractivity contribution in [2.75, 3.05) is 0 Å². The van der Waals surface area contributed by atoms with Crippen LogP contribution in [0, 0.1) is 0 Å². The molecule has 2 aromatic heterocycles. The van der Waals surface area contributed by atoms with Crippen molar-refractivity contribution in [3.63, 3.8) is 0 Å². The lowest BCUT2D eigenvalue weighted by atomic mass is 10.2. The van der Waals surface area contributed by atoms with Crippen LogP contribution in [0.5, 0.6) is 0 Å². The van der Waals surface area contributed by atoms with Crippen molar-refractivity contribution in [3.8, 4) is 0 Å². The minimum atomic E-state index is -4.44. The van der Waals surface area contributed by atoms with E-state index in [1.54, 1.807) is 7.05 Å². The summed E-state index contributed by atoms with van der Waals surface area (Å²) in [5.41, 5.74) is -0.410. The smallest absolute Gasteiger partial charge is 0.385 e. The second-order valence-corrected chi connectivity index (χ2v) is 3.77. The molecule has 92 valence electrons. The van der Waals surface area contributed by atoms with Gasteiger partial charge in [0.2, 0.25) is 0 Å². The van der Waals surface area contributed by atoms with Crippen molar-refractivity contribution >= 4 is 11.2 Å². The van der Waals surface area contributed by atoms with Gasteiger partial charge in [0.25, 0.3) is 0 Å². The van der Waals surface area contributed by atoms with E-state index >= 15 is 0 Å². The van der Waals surface area contributed by atoms with Gasteiger partial charge in [-0.05, 0) is 13.0 Å². The van der Waals surface area contributed by atoms with E-state index in [0.717, 1.165) is 12.3 Å². The van der Waals surface area contributed by atoms with Crippen LogP contribution in [0.1, 0.15) is 24.4 Å². The molecule has 1 unspecified atom stereocenters. The normalized spacial score (nSPS) is 14.2. The van der Waals surface area contributed by atoms with Gasteiger partial charge in [-0.1, -0.05) is 0 Å². The molecule has 2 aromatic rings. The van der Waals surface area contributed by atoms with Gasteiger partial charge in [-0.3, -0.25) is 0 Å². The fraction of sp³-hybridized carbons (Fsp3) is 0.400. The summed E-state index contributed by atoms with van der Waals surface area (Å²) in [6.45, 7) is 1.49. The molecule has 0 aliphatic rings. The summed E-state index contributed by atoms with van der Waals surface area (Å²) < 4.78 is 38.8. The van der Waals surface area contributed by atoms with Crippen LogP contribution in [0.25, 0.3) is 11.2 Å². The van der Waals surface area contributed by atoms with E-state index in [-0.39, 0.29) is 11.3 Å². The van der Waals surface area contributed by atoms with Crippen LogP contribution in [0.3, 0.4) is 0 Å². The molecule has 4 nitrogen and oxygen atoms in total. The van der Waals surface area contributed by atoms with E-state index in [4.69, 9.17) is 0 Å². The van der Waals surface area contributed by atoms with E-state index in [9.17, 15) is 18.3 Å². The Morgan fingerprint density at radius 1 is 1.41 bits per heavy atom. The number of halogens is 3. The zero-order valence-corrected chi connectivity index (χ0v) is 9.15. The van der Waals surface area contributed by atoms with Crippen molar-refractivity contribution in [1.82, 2.24) is 14.5 Å². The molecule has 0 saturated heterocycles. The number of hydrogen-bond donors (Lipinski definition) is 1. The molecular formula is C10H10F3N3O. The van der Waals surface area contributed by atoms with Gasteiger partial charge in [0, 0.05) is 13.2 Å². The minimum Gasteiger partial charge on any atom is -0.385 e. The Hall–Kier alpha value is -1.63. The van der Waals surface area contributed by atoms with Crippen LogP contribution >= 0.6 is 0 Å². The quantitative estimate of drug-likeness (QED) is 0.836. The summed E-state index contributed by atoms with van der Waals surface area (Å²) in [5, 5.41) is 9.40. The molecule has 0 saturated carbocycles. The molecule has 1 atom stereocenters. The largest absolute Gasteiger partial charge is 0.417 e. The number of hydrogen-bond acceptors (Lipinski definition) is 3. The average Bonchev–Trinajstić information content (AvgIpc) is 2.54. The highest BCUT2D eigenvalue weighted by atomic mass is 19.4. The van der Waals surface area contributed by atoms with Crippen molar-refractivity contribution in [2.45, 2.75) is 19.2 Å². The predicted octanol–water partition coefficient (Wildman–Crippen LogP) is 2.04.